The zero-order valence-corrected chi connectivity index (χ0v) is 32.6. The van der Waals surface area contributed by atoms with Crippen molar-refractivity contribution in [3.8, 4) is 0 Å². The lowest BCUT2D eigenvalue weighted by atomic mass is 10.1. The van der Waals surface area contributed by atoms with E-state index in [0.29, 0.717) is 62.6 Å². The highest BCUT2D eigenvalue weighted by Gasteiger charge is 2.17. The van der Waals surface area contributed by atoms with E-state index >= 15 is 0 Å². The molecule has 5 aromatic rings. The molecule has 0 aliphatic carbocycles. The van der Waals surface area contributed by atoms with E-state index in [9.17, 15) is 9.59 Å². The highest BCUT2D eigenvalue weighted by molar-refractivity contribution is 6.16. The number of urea groups is 2. The van der Waals surface area contributed by atoms with Gasteiger partial charge in [0.25, 0.3) is 0 Å². The highest BCUT2D eigenvalue weighted by atomic mass is 16.2. The number of rotatable bonds is 12. The molecule has 10 nitrogen and oxygen atoms in total. The Kier molecular flexibility index (Phi) is 15.4. The van der Waals surface area contributed by atoms with Gasteiger partial charge < -0.3 is 9.80 Å². The number of carbonyl (C=O) groups excluding carboxylic acids is 2. The third-order valence-electron chi connectivity index (χ3n) is 8.96. The standard InChI is InChI=1S/C46H50N8O2/c1-5-53(6-2)45(55)51-43(39-28-17-11-18-29-39)49-41(37-24-13-9-14-25-37)47-33-35-22-21-23-36(32-35)34-48-42(38-26-15-10-16-27-38)50-44(40-30-19-12-20-31-40)52-46(56)54(7-3)8-4/h9-32H,5-8,33-34H2,1-4H3,(H,47,49,51,55)(H,48,50,52,56). The van der Waals surface area contributed by atoms with Crippen LogP contribution in [0.15, 0.2) is 166 Å². The average Bonchev–Trinajstić information content (AvgIpc) is 3.25. The first-order valence-electron chi connectivity index (χ1n) is 19.1. The highest BCUT2D eigenvalue weighted by Crippen LogP contribution is 2.14. The van der Waals surface area contributed by atoms with Crippen LogP contribution >= 0.6 is 0 Å². The minimum Gasteiger partial charge on any atom is -0.325 e. The van der Waals surface area contributed by atoms with E-state index in [1.165, 1.54) is 0 Å². The Morgan fingerprint density at radius 2 is 0.768 bits per heavy atom. The molecule has 56 heavy (non-hydrogen) atoms. The lowest BCUT2D eigenvalue weighted by Gasteiger charge is -2.20. The molecular formula is C46H50N8O2. The van der Waals surface area contributed by atoms with Crippen LogP contribution in [0.3, 0.4) is 0 Å². The normalized spacial score (nSPS) is 12.2. The second-order valence-corrected chi connectivity index (χ2v) is 12.7. The fourth-order valence-corrected chi connectivity index (χ4v) is 5.83. The first kappa shape index (κ1) is 40.5. The molecule has 0 aliphatic rings. The predicted octanol–water partition coefficient (Wildman–Crippen LogP) is 8.58. The third kappa shape index (κ3) is 11.7. The molecule has 0 saturated carbocycles. The molecule has 5 rings (SSSR count). The van der Waals surface area contributed by atoms with Crippen molar-refractivity contribution < 1.29 is 9.59 Å². The van der Waals surface area contributed by atoms with Gasteiger partial charge in [-0.1, -0.05) is 146 Å². The number of carbonyl (C=O) groups is 2. The molecular weight excluding hydrogens is 697 g/mol. The zero-order valence-electron chi connectivity index (χ0n) is 32.6. The topological polar surface area (TPSA) is 114 Å². The van der Waals surface area contributed by atoms with Crippen molar-refractivity contribution in [2.75, 3.05) is 26.2 Å². The minimum absolute atomic E-state index is 0.223. The molecule has 0 radical (unpaired) electrons. The lowest BCUT2D eigenvalue weighted by molar-refractivity contribution is 0.207. The first-order valence-corrected chi connectivity index (χ1v) is 19.1. The molecule has 0 heterocycles. The molecule has 0 bridgehead atoms. The van der Waals surface area contributed by atoms with Gasteiger partial charge in [-0.3, -0.25) is 20.6 Å². The van der Waals surface area contributed by atoms with E-state index in [1.807, 2.05) is 167 Å². The van der Waals surface area contributed by atoms with Gasteiger partial charge in [-0.15, -0.1) is 0 Å². The Balaban J connectivity index is 1.48. The monoisotopic (exact) mass is 746 g/mol. The third-order valence-corrected chi connectivity index (χ3v) is 8.96. The first-order chi connectivity index (χ1) is 27.4. The van der Waals surface area contributed by atoms with Crippen LogP contribution in [-0.2, 0) is 13.1 Å². The van der Waals surface area contributed by atoms with Crippen LogP contribution in [-0.4, -0.2) is 71.4 Å². The average molecular weight is 747 g/mol. The molecule has 0 fully saturated rings. The molecule has 0 spiro atoms. The van der Waals surface area contributed by atoms with E-state index in [-0.39, 0.29) is 12.1 Å². The Bertz CT molecular complexity index is 1980. The maximum atomic E-state index is 13.2. The number of nitrogens with zero attached hydrogens (tertiary/aromatic N) is 6. The predicted molar refractivity (Wildman–Crippen MR) is 229 cm³/mol. The van der Waals surface area contributed by atoms with Gasteiger partial charge in [0.05, 0.1) is 13.1 Å². The smallest absolute Gasteiger partial charge is 0.323 e. The van der Waals surface area contributed by atoms with Crippen molar-refractivity contribution >= 4 is 35.4 Å². The van der Waals surface area contributed by atoms with Crippen LogP contribution in [0.25, 0.3) is 0 Å². The summed E-state index contributed by atoms with van der Waals surface area (Å²) in [5.41, 5.74) is 5.14. The number of hydrogen-bond acceptors (Lipinski definition) is 4. The Labute approximate surface area is 330 Å². The molecule has 5 aromatic carbocycles. The summed E-state index contributed by atoms with van der Waals surface area (Å²) in [6, 6.07) is 46.4. The van der Waals surface area contributed by atoms with Gasteiger partial charge >= 0.3 is 12.1 Å². The van der Waals surface area contributed by atoms with E-state index in [1.54, 1.807) is 9.80 Å². The van der Waals surface area contributed by atoms with Crippen LogP contribution in [0.2, 0.25) is 0 Å². The number of nitrogens with one attached hydrogen (secondary N) is 2. The molecule has 0 unspecified atom stereocenters. The van der Waals surface area contributed by atoms with Crippen molar-refractivity contribution in [1.82, 2.24) is 20.4 Å². The van der Waals surface area contributed by atoms with Crippen molar-refractivity contribution in [2.24, 2.45) is 20.0 Å². The van der Waals surface area contributed by atoms with E-state index in [4.69, 9.17) is 20.0 Å². The van der Waals surface area contributed by atoms with Crippen molar-refractivity contribution in [2.45, 2.75) is 40.8 Å². The van der Waals surface area contributed by atoms with Crippen LogP contribution in [0.1, 0.15) is 61.1 Å². The van der Waals surface area contributed by atoms with Crippen LogP contribution in [0.5, 0.6) is 0 Å². The summed E-state index contributed by atoms with van der Waals surface area (Å²) in [7, 11) is 0. The van der Waals surface area contributed by atoms with Gasteiger partial charge in [-0.2, -0.15) is 0 Å². The summed E-state index contributed by atoms with van der Waals surface area (Å²) in [5.74, 6) is 1.83. The molecule has 0 aliphatic heterocycles. The van der Waals surface area contributed by atoms with Gasteiger partial charge in [0.15, 0.2) is 11.7 Å². The summed E-state index contributed by atoms with van der Waals surface area (Å²) in [4.78, 5) is 49.8. The van der Waals surface area contributed by atoms with Crippen LogP contribution < -0.4 is 10.6 Å². The summed E-state index contributed by atoms with van der Waals surface area (Å²) in [5, 5.41) is 6.07. The number of amides is 4. The quantitative estimate of drug-likeness (QED) is 0.0984. The minimum atomic E-state index is -0.223. The molecule has 0 saturated heterocycles. The van der Waals surface area contributed by atoms with Crippen molar-refractivity contribution in [3.05, 3.63) is 179 Å². The van der Waals surface area contributed by atoms with E-state index < -0.39 is 0 Å². The molecule has 0 aromatic heterocycles. The fraction of sp³-hybridized carbons (Fsp3) is 0.217. The van der Waals surface area contributed by atoms with E-state index in [0.717, 1.165) is 33.4 Å². The molecule has 2 N–H and O–H groups in total. The Morgan fingerprint density at radius 1 is 0.446 bits per heavy atom. The van der Waals surface area contributed by atoms with Gasteiger partial charge in [-0.05, 0) is 38.8 Å². The molecule has 286 valence electrons. The fourth-order valence-electron chi connectivity index (χ4n) is 5.83. The zero-order chi connectivity index (χ0) is 39.5. The summed E-state index contributed by atoms with van der Waals surface area (Å²) < 4.78 is 0. The van der Waals surface area contributed by atoms with Gasteiger partial charge in [0, 0.05) is 48.4 Å². The van der Waals surface area contributed by atoms with Gasteiger partial charge in [0.1, 0.15) is 11.7 Å². The second kappa shape index (κ2) is 21.3. The number of aliphatic imine (C=N–C) groups is 4. The molecule has 10 heteroatoms. The van der Waals surface area contributed by atoms with Crippen LogP contribution in [0, 0.1) is 0 Å². The molecule has 0 atom stereocenters. The number of hydrogen-bond donors (Lipinski definition) is 2. The van der Waals surface area contributed by atoms with E-state index in [2.05, 4.69) is 16.7 Å². The summed E-state index contributed by atoms with van der Waals surface area (Å²) in [6.07, 6.45) is 0. The maximum absolute atomic E-state index is 13.2. The summed E-state index contributed by atoms with van der Waals surface area (Å²) in [6.45, 7) is 10.8. The second-order valence-electron chi connectivity index (χ2n) is 12.7. The Morgan fingerprint density at radius 3 is 1.09 bits per heavy atom. The van der Waals surface area contributed by atoms with Gasteiger partial charge in [-0.25, -0.2) is 19.6 Å². The lowest BCUT2D eigenvalue weighted by Crippen LogP contribution is -2.43. The van der Waals surface area contributed by atoms with Crippen LogP contribution in [0.4, 0.5) is 9.59 Å². The number of benzene rings is 5. The maximum Gasteiger partial charge on any atom is 0.323 e. The number of amidine groups is 4. The molecule has 4 amide bonds. The van der Waals surface area contributed by atoms with Crippen molar-refractivity contribution in [3.63, 3.8) is 0 Å². The van der Waals surface area contributed by atoms with Gasteiger partial charge in [0.2, 0.25) is 0 Å². The summed E-state index contributed by atoms with van der Waals surface area (Å²) >= 11 is 0. The largest absolute Gasteiger partial charge is 0.325 e. The Hall–Kier alpha value is -6.68. The van der Waals surface area contributed by atoms with Crippen molar-refractivity contribution in [1.29, 1.82) is 0 Å². The SMILES string of the molecule is CCN(CC)C(=O)NC(=NC(=NCc1cccc(CN=C(N=C(NC(=O)N(CC)CC)c2ccccc2)c2ccccc2)c1)c1ccccc1)c1ccccc1.